The molecule has 106 valence electrons. The SMILES string of the molecule is C=C(C)CN=C(N)NCCc1c[nH]c2ccc(F)cc12. The molecule has 0 amide bonds. The van der Waals surface area contributed by atoms with Gasteiger partial charge in [0.1, 0.15) is 5.82 Å². The summed E-state index contributed by atoms with van der Waals surface area (Å²) in [5, 5.41) is 3.94. The maximum absolute atomic E-state index is 13.2. The molecule has 1 heterocycles. The first-order valence-electron chi connectivity index (χ1n) is 6.50. The molecule has 20 heavy (non-hydrogen) atoms. The normalized spacial score (nSPS) is 11.8. The van der Waals surface area contributed by atoms with Gasteiger partial charge in [0.15, 0.2) is 5.96 Å². The van der Waals surface area contributed by atoms with Crippen LogP contribution in [-0.2, 0) is 6.42 Å². The molecule has 0 atom stereocenters. The molecule has 0 radical (unpaired) electrons. The second-order valence-electron chi connectivity index (χ2n) is 4.84. The molecule has 0 unspecified atom stereocenters. The maximum atomic E-state index is 13.2. The molecule has 4 N–H and O–H groups in total. The minimum atomic E-state index is -0.228. The van der Waals surface area contributed by atoms with E-state index in [1.165, 1.54) is 6.07 Å². The zero-order valence-electron chi connectivity index (χ0n) is 11.5. The number of nitrogens with two attached hydrogens (primary N) is 1. The molecular formula is C15H19FN4. The van der Waals surface area contributed by atoms with E-state index in [1.807, 2.05) is 13.1 Å². The van der Waals surface area contributed by atoms with E-state index in [1.54, 1.807) is 12.1 Å². The van der Waals surface area contributed by atoms with Gasteiger partial charge < -0.3 is 16.0 Å². The number of aromatic amines is 1. The van der Waals surface area contributed by atoms with Gasteiger partial charge in [-0.2, -0.15) is 0 Å². The van der Waals surface area contributed by atoms with E-state index < -0.39 is 0 Å². The van der Waals surface area contributed by atoms with E-state index in [0.717, 1.165) is 28.5 Å². The summed E-state index contributed by atoms with van der Waals surface area (Å²) >= 11 is 0. The Morgan fingerprint density at radius 2 is 2.30 bits per heavy atom. The fourth-order valence-corrected chi connectivity index (χ4v) is 1.96. The van der Waals surface area contributed by atoms with Gasteiger partial charge >= 0.3 is 0 Å². The fourth-order valence-electron chi connectivity index (χ4n) is 1.96. The summed E-state index contributed by atoms with van der Waals surface area (Å²) in [6, 6.07) is 4.73. The fraction of sp³-hybridized carbons (Fsp3) is 0.267. The number of rotatable bonds is 5. The van der Waals surface area contributed by atoms with Gasteiger partial charge in [0.05, 0.1) is 6.54 Å². The highest BCUT2D eigenvalue weighted by Gasteiger charge is 2.04. The molecule has 4 nitrogen and oxygen atoms in total. The van der Waals surface area contributed by atoms with Crippen LogP contribution in [-0.4, -0.2) is 24.0 Å². The summed E-state index contributed by atoms with van der Waals surface area (Å²) in [4.78, 5) is 7.26. The van der Waals surface area contributed by atoms with Crippen molar-refractivity contribution >= 4 is 16.9 Å². The van der Waals surface area contributed by atoms with Crippen LogP contribution in [0.15, 0.2) is 41.5 Å². The van der Waals surface area contributed by atoms with Gasteiger partial charge in [-0.3, -0.25) is 0 Å². The number of guanidine groups is 1. The Bertz CT molecular complexity index is 642. The van der Waals surface area contributed by atoms with Crippen LogP contribution in [0.25, 0.3) is 10.9 Å². The Morgan fingerprint density at radius 1 is 1.50 bits per heavy atom. The summed E-state index contributed by atoms with van der Waals surface area (Å²) in [5.41, 5.74) is 8.68. The average Bonchev–Trinajstić information content (AvgIpc) is 2.79. The first-order valence-corrected chi connectivity index (χ1v) is 6.50. The highest BCUT2D eigenvalue weighted by Crippen LogP contribution is 2.19. The summed E-state index contributed by atoms with van der Waals surface area (Å²) in [6.07, 6.45) is 2.64. The molecule has 5 heteroatoms. The van der Waals surface area contributed by atoms with E-state index in [-0.39, 0.29) is 5.82 Å². The second-order valence-corrected chi connectivity index (χ2v) is 4.84. The van der Waals surface area contributed by atoms with Crippen LogP contribution in [0.3, 0.4) is 0 Å². The van der Waals surface area contributed by atoms with Gasteiger partial charge in [0.2, 0.25) is 0 Å². The number of aliphatic imine (C=N–C) groups is 1. The van der Waals surface area contributed by atoms with E-state index >= 15 is 0 Å². The number of halogens is 1. The number of hydrogen-bond acceptors (Lipinski definition) is 1. The Hall–Kier alpha value is -2.30. The third-order valence-electron chi connectivity index (χ3n) is 2.95. The predicted octanol–water partition coefficient (Wildman–Crippen LogP) is 2.33. The molecule has 0 aliphatic rings. The first-order chi connectivity index (χ1) is 9.56. The van der Waals surface area contributed by atoms with E-state index in [2.05, 4.69) is 21.9 Å². The molecular weight excluding hydrogens is 255 g/mol. The van der Waals surface area contributed by atoms with Gasteiger partial charge in [0, 0.05) is 23.6 Å². The topological polar surface area (TPSA) is 66.2 Å². The van der Waals surface area contributed by atoms with E-state index in [9.17, 15) is 4.39 Å². The van der Waals surface area contributed by atoms with Crippen molar-refractivity contribution < 1.29 is 4.39 Å². The summed E-state index contributed by atoms with van der Waals surface area (Å²) in [7, 11) is 0. The van der Waals surface area contributed by atoms with Gasteiger partial charge in [-0.1, -0.05) is 12.2 Å². The summed E-state index contributed by atoms with van der Waals surface area (Å²) in [6.45, 7) is 6.83. The lowest BCUT2D eigenvalue weighted by Crippen LogP contribution is -2.33. The highest BCUT2D eigenvalue weighted by atomic mass is 19.1. The average molecular weight is 274 g/mol. The molecule has 1 aromatic heterocycles. The van der Waals surface area contributed by atoms with Crippen molar-refractivity contribution in [2.45, 2.75) is 13.3 Å². The number of fused-ring (bicyclic) bond motifs is 1. The van der Waals surface area contributed by atoms with Crippen LogP contribution in [0.4, 0.5) is 4.39 Å². The summed E-state index contributed by atoms with van der Waals surface area (Å²) in [5.74, 6) is 0.174. The van der Waals surface area contributed by atoms with Crippen LogP contribution < -0.4 is 11.1 Å². The van der Waals surface area contributed by atoms with Crippen molar-refractivity contribution in [3.05, 3.63) is 47.9 Å². The molecule has 0 aliphatic carbocycles. The molecule has 0 saturated carbocycles. The zero-order valence-corrected chi connectivity index (χ0v) is 11.5. The van der Waals surface area contributed by atoms with Crippen LogP contribution in [0.1, 0.15) is 12.5 Å². The molecule has 0 saturated heterocycles. The molecule has 1 aromatic carbocycles. The monoisotopic (exact) mass is 274 g/mol. The van der Waals surface area contributed by atoms with Gasteiger partial charge in [-0.05, 0) is 37.1 Å². The number of nitrogens with one attached hydrogen (secondary N) is 2. The number of benzene rings is 1. The number of H-pyrrole nitrogens is 1. The number of nitrogens with zero attached hydrogens (tertiary/aromatic N) is 1. The van der Waals surface area contributed by atoms with E-state index in [0.29, 0.717) is 19.0 Å². The predicted molar refractivity (Wildman–Crippen MR) is 81.3 cm³/mol. The lowest BCUT2D eigenvalue weighted by atomic mass is 10.1. The smallest absolute Gasteiger partial charge is 0.188 e. The molecule has 0 bridgehead atoms. The van der Waals surface area contributed by atoms with Crippen molar-refractivity contribution in [1.82, 2.24) is 10.3 Å². The van der Waals surface area contributed by atoms with E-state index in [4.69, 9.17) is 5.73 Å². The Kier molecular flexibility index (Phi) is 4.40. The Morgan fingerprint density at radius 3 is 3.05 bits per heavy atom. The third-order valence-corrected chi connectivity index (χ3v) is 2.95. The Balaban J connectivity index is 1.94. The van der Waals surface area contributed by atoms with Crippen LogP contribution in [0.5, 0.6) is 0 Å². The number of hydrogen-bond donors (Lipinski definition) is 3. The minimum absolute atomic E-state index is 0.228. The van der Waals surface area contributed by atoms with Crippen LogP contribution >= 0.6 is 0 Å². The van der Waals surface area contributed by atoms with Crippen molar-refractivity contribution in [3.8, 4) is 0 Å². The molecule has 0 fully saturated rings. The maximum Gasteiger partial charge on any atom is 0.188 e. The standard InChI is InChI=1S/C15H19FN4/c1-10(2)8-20-15(17)18-6-5-11-9-19-14-4-3-12(16)7-13(11)14/h3-4,7,9,19H,1,5-6,8H2,2H3,(H3,17,18,20). The number of aromatic nitrogens is 1. The second kappa shape index (κ2) is 6.23. The Labute approximate surface area is 117 Å². The van der Waals surface area contributed by atoms with Crippen LogP contribution in [0.2, 0.25) is 0 Å². The lowest BCUT2D eigenvalue weighted by molar-refractivity contribution is 0.629. The molecule has 0 spiro atoms. The van der Waals surface area contributed by atoms with Crippen molar-refractivity contribution in [3.63, 3.8) is 0 Å². The lowest BCUT2D eigenvalue weighted by Gasteiger charge is -2.05. The largest absolute Gasteiger partial charge is 0.370 e. The minimum Gasteiger partial charge on any atom is -0.370 e. The quantitative estimate of drug-likeness (QED) is 0.445. The van der Waals surface area contributed by atoms with Gasteiger partial charge in [0.25, 0.3) is 0 Å². The first kappa shape index (κ1) is 14.1. The van der Waals surface area contributed by atoms with Crippen molar-refractivity contribution in [1.29, 1.82) is 0 Å². The van der Waals surface area contributed by atoms with Crippen molar-refractivity contribution in [2.75, 3.05) is 13.1 Å². The highest BCUT2D eigenvalue weighted by molar-refractivity contribution is 5.83. The van der Waals surface area contributed by atoms with Gasteiger partial charge in [-0.25, -0.2) is 9.38 Å². The molecule has 2 aromatic rings. The summed E-state index contributed by atoms with van der Waals surface area (Å²) < 4.78 is 13.2. The van der Waals surface area contributed by atoms with Crippen LogP contribution in [0, 0.1) is 5.82 Å². The third kappa shape index (κ3) is 3.60. The van der Waals surface area contributed by atoms with Gasteiger partial charge in [-0.15, -0.1) is 0 Å². The van der Waals surface area contributed by atoms with Crippen molar-refractivity contribution in [2.24, 2.45) is 10.7 Å². The zero-order chi connectivity index (χ0) is 14.5. The molecule has 0 aliphatic heterocycles. The molecule has 2 rings (SSSR count).